The molecular weight excluding hydrogens is 350 g/mol. The molecule has 7 heteroatoms. The standard InChI is InChI=1S/C19H15N3O3S/c1-12-3-8-15-16(9-12)26-19(22(15)11-17(23)25-2)21-18(24)14-6-4-13(10-20)5-7-14/h3-9H,11H2,1-2H3. The van der Waals surface area contributed by atoms with Gasteiger partial charge < -0.3 is 9.30 Å². The summed E-state index contributed by atoms with van der Waals surface area (Å²) in [4.78, 5) is 28.9. The van der Waals surface area contributed by atoms with E-state index in [1.54, 1.807) is 28.8 Å². The minimum atomic E-state index is -0.434. The number of hydrogen-bond donors (Lipinski definition) is 0. The molecule has 0 N–H and O–H groups in total. The van der Waals surface area contributed by atoms with Crippen molar-refractivity contribution in [3.63, 3.8) is 0 Å². The van der Waals surface area contributed by atoms with Gasteiger partial charge >= 0.3 is 5.97 Å². The van der Waals surface area contributed by atoms with Crippen LogP contribution >= 0.6 is 11.3 Å². The van der Waals surface area contributed by atoms with Gasteiger partial charge in [-0.1, -0.05) is 17.4 Å². The first-order valence-electron chi connectivity index (χ1n) is 7.78. The van der Waals surface area contributed by atoms with Crippen LogP contribution in [0.4, 0.5) is 0 Å². The first-order valence-corrected chi connectivity index (χ1v) is 8.59. The highest BCUT2D eigenvalue weighted by molar-refractivity contribution is 7.16. The van der Waals surface area contributed by atoms with Gasteiger partial charge in [0.15, 0.2) is 4.80 Å². The third-order valence-corrected chi connectivity index (χ3v) is 4.85. The maximum Gasteiger partial charge on any atom is 0.325 e. The second-order valence-corrected chi connectivity index (χ2v) is 6.63. The zero-order chi connectivity index (χ0) is 18.7. The maximum atomic E-state index is 12.5. The van der Waals surface area contributed by atoms with Gasteiger partial charge in [0.1, 0.15) is 6.54 Å². The summed E-state index contributed by atoms with van der Waals surface area (Å²) in [7, 11) is 1.32. The van der Waals surface area contributed by atoms with Gasteiger partial charge in [0.25, 0.3) is 5.91 Å². The quantitative estimate of drug-likeness (QED) is 0.668. The number of carbonyl (C=O) groups excluding carboxylic acids is 2. The smallest absolute Gasteiger partial charge is 0.325 e. The number of thiazole rings is 1. The number of hydrogen-bond acceptors (Lipinski definition) is 5. The highest BCUT2D eigenvalue weighted by Crippen LogP contribution is 2.19. The molecule has 0 saturated carbocycles. The number of esters is 1. The number of rotatable bonds is 3. The number of carbonyl (C=O) groups is 2. The van der Waals surface area contributed by atoms with E-state index < -0.39 is 11.9 Å². The van der Waals surface area contributed by atoms with E-state index in [-0.39, 0.29) is 6.54 Å². The predicted molar refractivity (Wildman–Crippen MR) is 97.6 cm³/mol. The van der Waals surface area contributed by atoms with Gasteiger partial charge in [-0.2, -0.15) is 10.3 Å². The Morgan fingerprint density at radius 3 is 2.62 bits per heavy atom. The van der Waals surface area contributed by atoms with E-state index in [1.807, 2.05) is 31.2 Å². The molecule has 0 radical (unpaired) electrons. The van der Waals surface area contributed by atoms with Crippen LogP contribution in [0.5, 0.6) is 0 Å². The summed E-state index contributed by atoms with van der Waals surface area (Å²) in [5, 5.41) is 8.85. The molecule has 0 aliphatic carbocycles. The molecule has 0 spiro atoms. The van der Waals surface area contributed by atoms with Crippen LogP contribution in [0.15, 0.2) is 47.5 Å². The highest BCUT2D eigenvalue weighted by Gasteiger charge is 2.12. The van der Waals surface area contributed by atoms with Gasteiger partial charge in [-0.25, -0.2) is 0 Å². The SMILES string of the molecule is COC(=O)Cn1c(=NC(=O)c2ccc(C#N)cc2)sc2cc(C)ccc21. The van der Waals surface area contributed by atoms with Crippen LogP contribution in [-0.2, 0) is 16.1 Å². The summed E-state index contributed by atoms with van der Waals surface area (Å²) < 4.78 is 7.36. The molecule has 6 nitrogen and oxygen atoms in total. The van der Waals surface area contributed by atoms with Crippen molar-refractivity contribution in [2.45, 2.75) is 13.5 Å². The lowest BCUT2D eigenvalue weighted by atomic mass is 10.1. The number of ether oxygens (including phenoxy) is 1. The lowest BCUT2D eigenvalue weighted by Crippen LogP contribution is -2.22. The molecule has 1 heterocycles. The molecule has 1 amide bonds. The number of aromatic nitrogens is 1. The molecule has 130 valence electrons. The van der Waals surface area contributed by atoms with E-state index in [0.717, 1.165) is 15.8 Å². The summed E-state index contributed by atoms with van der Waals surface area (Å²) in [6.07, 6.45) is 0. The van der Waals surface area contributed by atoms with Crippen molar-refractivity contribution in [2.24, 2.45) is 4.99 Å². The number of nitriles is 1. The third-order valence-electron chi connectivity index (χ3n) is 3.81. The highest BCUT2D eigenvalue weighted by atomic mass is 32.1. The fraction of sp³-hybridized carbons (Fsp3) is 0.158. The Bertz CT molecular complexity index is 1100. The van der Waals surface area contributed by atoms with Crippen molar-refractivity contribution < 1.29 is 14.3 Å². The van der Waals surface area contributed by atoms with Crippen molar-refractivity contribution in [3.8, 4) is 6.07 Å². The minimum absolute atomic E-state index is 0.0287. The molecule has 3 aromatic rings. The molecule has 0 aliphatic rings. The third kappa shape index (κ3) is 3.55. The Kier molecular flexibility index (Phi) is 4.96. The van der Waals surface area contributed by atoms with Crippen molar-refractivity contribution in [2.75, 3.05) is 7.11 Å². The maximum absolute atomic E-state index is 12.5. The van der Waals surface area contributed by atoms with Gasteiger partial charge in [-0.15, -0.1) is 0 Å². The van der Waals surface area contributed by atoms with Crippen molar-refractivity contribution >= 4 is 33.4 Å². The molecular formula is C19H15N3O3S. The summed E-state index contributed by atoms with van der Waals surface area (Å²) in [6.45, 7) is 1.95. The zero-order valence-electron chi connectivity index (χ0n) is 14.2. The van der Waals surface area contributed by atoms with Crippen molar-refractivity contribution in [3.05, 3.63) is 64.0 Å². The normalized spacial score (nSPS) is 11.3. The van der Waals surface area contributed by atoms with Crippen LogP contribution in [0.2, 0.25) is 0 Å². The fourth-order valence-electron chi connectivity index (χ4n) is 2.45. The average molecular weight is 365 g/mol. The summed E-state index contributed by atoms with van der Waals surface area (Å²) in [5.41, 5.74) is 2.74. The number of fused-ring (bicyclic) bond motifs is 1. The van der Waals surface area contributed by atoms with Crippen LogP contribution in [0.3, 0.4) is 0 Å². The molecule has 26 heavy (non-hydrogen) atoms. The molecule has 1 aromatic heterocycles. The molecule has 0 bridgehead atoms. The van der Waals surface area contributed by atoms with E-state index >= 15 is 0 Å². The Morgan fingerprint density at radius 2 is 1.96 bits per heavy atom. The van der Waals surface area contributed by atoms with Crippen LogP contribution < -0.4 is 4.80 Å². The number of benzene rings is 2. The van der Waals surface area contributed by atoms with Crippen LogP contribution in [0.1, 0.15) is 21.5 Å². The second kappa shape index (κ2) is 7.33. The fourth-order valence-corrected chi connectivity index (χ4v) is 3.58. The minimum Gasteiger partial charge on any atom is -0.468 e. The Balaban J connectivity index is 2.10. The lowest BCUT2D eigenvalue weighted by molar-refractivity contribution is -0.141. The largest absolute Gasteiger partial charge is 0.468 e. The van der Waals surface area contributed by atoms with Crippen LogP contribution in [0.25, 0.3) is 10.2 Å². The van der Waals surface area contributed by atoms with Gasteiger partial charge in [0.05, 0.1) is 29.0 Å². The van der Waals surface area contributed by atoms with E-state index in [0.29, 0.717) is 15.9 Å². The monoisotopic (exact) mass is 365 g/mol. The summed E-state index contributed by atoms with van der Waals surface area (Å²) >= 11 is 1.34. The van der Waals surface area contributed by atoms with Crippen LogP contribution in [0, 0.1) is 18.3 Å². The topological polar surface area (TPSA) is 84.5 Å². The number of nitrogens with zero attached hydrogens (tertiary/aromatic N) is 3. The van der Waals surface area contributed by atoms with Gasteiger partial charge in [-0.3, -0.25) is 9.59 Å². The zero-order valence-corrected chi connectivity index (χ0v) is 15.0. The Hall–Kier alpha value is -3.24. The number of amides is 1. The van der Waals surface area contributed by atoms with Gasteiger partial charge in [-0.05, 0) is 48.9 Å². The van der Waals surface area contributed by atoms with Gasteiger partial charge in [0, 0.05) is 5.56 Å². The summed E-state index contributed by atoms with van der Waals surface area (Å²) in [6, 6.07) is 14.1. The second-order valence-electron chi connectivity index (χ2n) is 5.62. The molecule has 0 atom stereocenters. The molecule has 3 rings (SSSR count). The van der Waals surface area contributed by atoms with E-state index in [1.165, 1.54) is 18.4 Å². The Morgan fingerprint density at radius 1 is 1.23 bits per heavy atom. The first-order chi connectivity index (χ1) is 12.5. The lowest BCUT2D eigenvalue weighted by Gasteiger charge is -2.03. The van der Waals surface area contributed by atoms with Gasteiger partial charge in [0.2, 0.25) is 0 Å². The molecule has 0 aliphatic heterocycles. The van der Waals surface area contributed by atoms with Crippen molar-refractivity contribution in [1.29, 1.82) is 5.26 Å². The molecule has 0 fully saturated rings. The summed E-state index contributed by atoms with van der Waals surface area (Å²) in [5.74, 6) is -0.853. The predicted octanol–water partition coefficient (Wildman–Crippen LogP) is 2.80. The first kappa shape index (κ1) is 17.6. The number of methoxy groups -OCH3 is 1. The molecule has 0 unspecified atom stereocenters. The van der Waals surface area contributed by atoms with E-state index in [4.69, 9.17) is 10.00 Å². The van der Waals surface area contributed by atoms with Crippen LogP contribution in [-0.4, -0.2) is 23.6 Å². The molecule has 2 aromatic carbocycles. The Labute approximate surface area is 153 Å². The van der Waals surface area contributed by atoms with E-state index in [9.17, 15) is 9.59 Å². The van der Waals surface area contributed by atoms with Crippen molar-refractivity contribution in [1.82, 2.24) is 4.57 Å². The van der Waals surface area contributed by atoms with E-state index in [2.05, 4.69) is 4.99 Å². The number of aryl methyl sites for hydroxylation is 1. The average Bonchev–Trinajstić information content (AvgIpc) is 2.97. The molecule has 0 saturated heterocycles.